The number of fused-ring (bicyclic) bond motifs is 5. The fourth-order valence-electron chi connectivity index (χ4n) is 5.21. The maximum atomic E-state index is 13.4. The molecule has 1 aromatic heterocycles. The van der Waals surface area contributed by atoms with Gasteiger partial charge in [0.05, 0.1) is 11.8 Å². The second-order valence-corrected chi connectivity index (χ2v) is 8.54. The standard InChI is InChI=1S/C29H23NO2/c31-29(20-13-15-32-18-20)21-16-26-24-10-9-19-6-3-4-7-22(19)23(24)11-12-25(26)27(17-21)28-8-2-1-5-14-30-28/h1-8,10-16,18,21,27,30H,9,17H2. The number of carbonyl (C=O) groups excluding carboxylic acids is 1. The molecule has 0 bridgehead atoms. The Kier molecular flexibility index (Phi) is 4.53. The van der Waals surface area contributed by atoms with Gasteiger partial charge in [-0.05, 0) is 63.8 Å². The van der Waals surface area contributed by atoms with Crippen LogP contribution in [-0.4, -0.2) is 5.78 Å². The minimum absolute atomic E-state index is 0.110. The van der Waals surface area contributed by atoms with Gasteiger partial charge in [-0.15, -0.1) is 0 Å². The summed E-state index contributed by atoms with van der Waals surface area (Å²) in [5.74, 6) is 0.0173. The number of hydrogen-bond donors (Lipinski definition) is 1. The lowest BCUT2D eigenvalue weighted by atomic mass is 9.76. The first-order valence-corrected chi connectivity index (χ1v) is 11.1. The van der Waals surface area contributed by atoms with Crippen LogP contribution in [0.25, 0.3) is 23.3 Å². The quantitative estimate of drug-likeness (QED) is 0.633. The molecule has 3 heteroatoms. The Bertz CT molecular complexity index is 1420. The molecule has 156 valence electrons. The molecule has 2 unspecified atom stereocenters. The number of carbonyl (C=O) groups is 1. The van der Waals surface area contributed by atoms with Crippen LogP contribution in [-0.2, 0) is 6.42 Å². The van der Waals surface area contributed by atoms with Gasteiger partial charge in [-0.1, -0.05) is 60.7 Å². The van der Waals surface area contributed by atoms with Gasteiger partial charge in [-0.2, -0.15) is 0 Å². The molecule has 0 saturated heterocycles. The highest BCUT2D eigenvalue weighted by molar-refractivity contribution is 6.01. The van der Waals surface area contributed by atoms with Crippen molar-refractivity contribution in [2.75, 3.05) is 0 Å². The van der Waals surface area contributed by atoms with Gasteiger partial charge in [0.1, 0.15) is 6.26 Å². The van der Waals surface area contributed by atoms with Crippen LogP contribution in [0.4, 0.5) is 0 Å². The molecule has 0 amide bonds. The summed E-state index contributed by atoms with van der Waals surface area (Å²) in [6.07, 6.45) is 19.4. The largest absolute Gasteiger partial charge is 0.472 e. The molecule has 6 rings (SSSR count). The van der Waals surface area contributed by atoms with Gasteiger partial charge in [0.2, 0.25) is 0 Å². The predicted molar refractivity (Wildman–Crippen MR) is 127 cm³/mol. The average molecular weight is 418 g/mol. The number of allylic oxidation sites excluding steroid dienone is 5. The van der Waals surface area contributed by atoms with Crippen molar-refractivity contribution in [2.45, 2.75) is 18.8 Å². The van der Waals surface area contributed by atoms with Crippen molar-refractivity contribution in [2.24, 2.45) is 5.92 Å². The predicted octanol–water partition coefficient (Wildman–Crippen LogP) is 4.61. The summed E-state index contributed by atoms with van der Waals surface area (Å²) in [4.78, 5) is 13.4. The molecule has 0 fully saturated rings. The summed E-state index contributed by atoms with van der Waals surface area (Å²) < 4.78 is 5.20. The first-order valence-electron chi connectivity index (χ1n) is 11.1. The van der Waals surface area contributed by atoms with Gasteiger partial charge in [-0.25, -0.2) is 0 Å². The van der Waals surface area contributed by atoms with E-state index in [4.69, 9.17) is 4.42 Å². The lowest BCUT2D eigenvalue weighted by molar-refractivity contribution is 0.0943. The summed E-state index contributed by atoms with van der Waals surface area (Å²) in [7, 11) is 0. The molecule has 32 heavy (non-hydrogen) atoms. The van der Waals surface area contributed by atoms with E-state index in [0.717, 1.165) is 18.5 Å². The summed E-state index contributed by atoms with van der Waals surface area (Å²) in [5, 5.41) is 5.88. The first kappa shape index (κ1) is 18.9. The minimum atomic E-state index is -0.207. The average Bonchev–Trinajstić information content (AvgIpc) is 3.25. The van der Waals surface area contributed by atoms with E-state index in [1.807, 2.05) is 18.4 Å². The van der Waals surface area contributed by atoms with Gasteiger partial charge in [0.15, 0.2) is 5.78 Å². The van der Waals surface area contributed by atoms with Crippen LogP contribution in [0.2, 0.25) is 0 Å². The van der Waals surface area contributed by atoms with Crippen molar-refractivity contribution in [3.63, 3.8) is 0 Å². The number of nitrogens with one attached hydrogen (secondary N) is 1. The third kappa shape index (κ3) is 3.09. The van der Waals surface area contributed by atoms with Gasteiger partial charge in [-0.3, -0.25) is 4.79 Å². The SMILES string of the molecule is O=C(c1ccoc1)C1C=c2c(ccc3c2=CCc2ccccc2-3)C(C2=CC=CC=CN2)C1. The van der Waals surface area contributed by atoms with E-state index in [2.05, 4.69) is 66.0 Å². The molecule has 1 N–H and O–H groups in total. The normalized spacial score (nSPS) is 20.4. The number of ketones is 1. The number of hydrogen-bond acceptors (Lipinski definition) is 3. The van der Waals surface area contributed by atoms with E-state index >= 15 is 0 Å². The monoisotopic (exact) mass is 417 g/mol. The second kappa shape index (κ2) is 7.69. The molecule has 3 aliphatic rings. The number of Topliss-reactive ketones (excluding diaryl/α,β-unsaturated/α-hetero) is 1. The topological polar surface area (TPSA) is 42.2 Å². The zero-order valence-electron chi connectivity index (χ0n) is 17.6. The maximum Gasteiger partial charge on any atom is 0.172 e. The van der Waals surface area contributed by atoms with Gasteiger partial charge >= 0.3 is 0 Å². The molecule has 2 atom stereocenters. The van der Waals surface area contributed by atoms with E-state index in [9.17, 15) is 4.79 Å². The summed E-state index contributed by atoms with van der Waals surface area (Å²) >= 11 is 0. The van der Waals surface area contributed by atoms with E-state index in [1.54, 1.807) is 18.6 Å². The molecule has 3 aromatic rings. The van der Waals surface area contributed by atoms with Crippen LogP contribution < -0.4 is 15.8 Å². The molecule has 0 spiro atoms. The molecule has 2 aliphatic carbocycles. The smallest absolute Gasteiger partial charge is 0.172 e. The van der Waals surface area contributed by atoms with Crippen molar-refractivity contribution in [3.8, 4) is 11.1 Å². The van der Waals surface area contributed by atoms with Gasteiger partial charge < -0.3 is 9.73 Å². The van der Waals surface area contributed by atoms with Crippen molar-refractivity contribution in [3.05, 3.63) is 118 Å². The van der Waals surface area contributed by atoms with Crippen molar-refractivity contribution >= 4 is 17.9 Å². The highest BCUT2D eigenvalue weighted by atomic mass is 16.3. The summed E-state index contributed by atoms with van der Waals surface area (Å²) in [6.45, 7) is 0. The van der Waals surface area contributed by atoms with Crippen molar-refractivity contribution in [1.29, 1.82) is 0 Å². The van der Waals surface area contributed by atoms with E-state index in [1.165, 1.54) is 32.7 Å². The molecule has 0 radical (unpaired) electrons. The van der Waals surface area contributed by atoms with Gasteiger partial charge in [0, 0.05) is 23.7 Å². The Labute approximate surface area is 186 Å². The molecule has 2 heterocycles. The number of benzene rings is 2. The molecule has 1 aliphatic heterocycles. The summed E-state index contributed by atoms with van der Waals surface area (Å²) in [6, 6.07) is 14.9. The maximum absolute atomic E-state index is 13.4. The van der Waals surface area contributed by atoms with Crippen LogP contribution in [0, 0.1) is 5.92 Å². The van der Waals surface area contributed by atoms with Crippen molar-refractivity contribution in [1.82, 2.24) is 5.32 Å². The van der Waals surface area contributed by atoms with Crippen LogP contribution >= 0.6 is 0 Å². The Morgan fingerprint density at radius 3 is 2.81 bits per heavy atom. The van der Waals surface area contributed by atoms with Crippen LogP contribution in [0.15, 0.2) is 95.6 Å². The third-order valence-electron chi connectivity index (χ3n) is 6.75. The Balaban J connectivity index is 1.56. The summed E-state index contributed by atoms with van der Waals surface area (Å²) in [5.41, 5.74) is 6.92. The Hall–Kier alpha value is -3.85. The number of furan rings is 1. The Morgan fingerprint density at radius 1 is 0.969 bits per heavy atom. The van der Waals surface area contributed by atoms with Crippen LogP contribution in [0.5, 0.6) is 0 Å². The lowest BCUT2D eigenvalue weighted by Gasteiger charge is -2.29. The highest BCUT2D eigenvalue weighted by Gasteiger charge is 2.31. The molecular formula is C29H23NO2. The van der Waals surface area contributed by atoms with E-state index < -0.39 is 0 Å². The Morgan fingerprint density at radius 2 is 1.91 bits per heavy atom. The first-order chi connectivity index (χ1) is 15.8. The molecule has 0 saturated carbocycles. The van der Waals surface area contributed by atoms with Crippen LogP contribution in [0.3, 0.4) is 0 Å². The van der Waals surface area contributed by atoms with Gasteiger partial charge in [0.25, 0.3) is 0 Å². The highest BCUT2D eigenvalue weighted by Crippen LogP contribution is 2.35. The molecular weight excluding hydrogens is 394 g/mol. The molecule has 3 nitrogen and oxygen atoms in total. The van der Waals surface area contributed by atoms with Crippen LogP contribution in [0.1, 0.15) is 33.8 Å². The fraction of sp³-hybridized carbons (Fsp3) is 0.138. The van der Waals surface area contributed by atoms with E-state index in [0.29, 0.717) is 5.56 Å². The zero-order chi connectivity index (χ0) is 21.5. The van der Waals surface area contributed by atoms with Crippen molar-refractivity contribution < 1.29 is 9.21 Å². The lowest BCUT2D eigenvalue weighted by Crippen LogP contribution is -2.39. The molecule has 2 aromatic carbocycles. The fourth-order valence-corrected chi connectivity index (χ4v) is 5.21. The second-order valence-electron chi connectivity index (χ2n) is 8.54. The third-order valence-corrected chi connectivity index (χ3v) is 6.75. The number of rotatable bonds is 3. The minimum Gasteiger partial charge on any atom is -0.472 e. The zero-order valence-corrected chi connectivity index (χ0v) is 17.6. The van der Waals surface area contributed by atoms with E-state index in [-0.39, 0.29) is 17.6 Å².